The lowest BCUT2D eigenvalue weighted by Gasteiger charge is -2.42. The number of benzene rings is 3. The molecule has 2 heterocycles. The molecule has 0 saturated carbocycles. The number of carbonyl (C=O) groups is 2. The van der Waals surface area contributed by atoms with Gasteiger partial charge >= 0.3 is 6.09 Å². The lowest BCUT2D eigenvalue weighted by atomic mass is 9.89. The highest BCUT2D eigenvalue weighted by Gasteiger charge is 2.45. The zero-order valence-corrected chi connectivity index (χ0v) is 28.3. The lowest BCUT2D eigenvalue weighted by molar-refractivity contribution is -0.267. The van der Waals surface area contributed by atoms with Crippen molar-refractivity contribution >= 4 is 22.8 Å². The Morgan fingerprint density at radius 3 is 2.49 bits per heavy atom. The van der Waals surface area contributed by atoms with Gasteiger partial charge in [-0.1, -0.05) is 91.9 Å². The molecule has 1 saturated heterocycles. The Hall–Kier alpha value is -4.36. The Morgan fingerprint density at radius 2 is 1.69 bits per heavy atom. The molecule has 1 aliphatic heterocycles. The largest absolute Gasteiger partial charge is 0.445 e. The number of fused-ring (bicyclic) bond motifs is 1. The van der Waals surface area contributed by atoms with Crippen LogP contribution in [0.15, 0.2) is 79.0 Å². The topological polar surface area (TPSA) is 157 Å². The summed E-state index contributed by atoms with van der Waals surface area (Å²) in [7, 11) is 0. The number of aliphatic hydroxyl groups excluding tert-OH is 2. The Kier molecular flexibility index (Phi) is 12.7. The highest BCUT2D eigenvalue weighted by Crippen LogP contribution is 2.28. The SMILES string of the molecule is CC(=O)NC1C(OCCCC(C)C(C)CCNC(=O)OCc2ccccc2)OC(Cn2cc(-c3cccc4ccccc34)nn2)C(O)C1O. The van der Waals surface area contributed by atoms with Gasteiger partial charge in [-0.15, -0.1) is 5.10 Å². The zero-order valence-electron chi connectivity index (χ0n) is 28.3. The second-order valence-electron chi connectivity index (χ2n) is 12.8. The molecule has 0 spiro atoms. The molecular formula is C37H47N5O7. The monoisotopic (exact) mass is 673 g/mol. The molecule has 0 bridgehead atoms. The van der Waals surface area contributed by atoms with E-state index < -0.39 is 36.7 Å². The number of aliphatic hydroxyl groups is 2. The van der Waals surface area contributed by atoms with Crippen molar-refractivity contribution in [3.63, 3.8) is 0 Å². The van der Waals surface area contributed by atoms with E-state index in [1.165, 1.54) is 6.92 Å². The molecule has 1 aliphatic rings. The quantitative estimate of drug-likeness (QED) is 0.134. The van der Waals surface area contributed by atoms with Gasteiger partial charge in [0, 0.05) is 25.6 Å². The molecule has 12 nitrogen and oxygen atoms in total. The van der Waals surface area contributed by atoms with Crippen LogP contribution in [0.3, 0.4) is 0 Å². The van der Waals surface area contributed by atoms with E-state index in [4.69, 9.17) is 14.2 Å². The van der Waals surface area contributed by atoms with E-state index in [0.717, 1.165) is 34.7 Å². The van der Waals surface area contributed by atoms with Crippen LogP contribution in [0.1, 0.15) is 45.6 Å². The van der Waals surface area contributed by atoms with Gasteiger partial charge in [0.05, 0.1) is 12.7 Å². The highest BCUT2D eigenvalue weighted by atomic mass is 16.7. The van der Waals surface area contributed by atoms with Crippen LogP contribution in [-0.2, 0) is 32.2 Å². The van der Waals surface area contributed by atoms with Gasteiger partial charge in [-0.3, -0.25) is 4.79 Å². The van der Waals surface area contributed by atoms with Crippen molar-refractivity contribution in [2.45, 2.75) is 83.8 Å². The molecule has 1 aromatic heterocycles. The third-order valence-electron chi connectivity index (χ3n) is 9.18. The first kappa shape index (κ1) is 35.9. The molecule has 2 amide bonds. The first-order valence-corrected chi connectivity index (χ1v) is 16.9. The molecule has 7 atom stereocenters. The number of alkyl carbamates (subject to hydrolysis) is 1. The molecule has 4 N–H and O–H groups in total. The number of carbonyl (C=O) groups excluding carboxylic acids is 2. The molecule has 4 aromatic rings. The van der Waals surface area contributed by atoms with Gasteiger partial charge in [-0.2, -0.15) is 0 Å². The summed E-state index contributed by atoms with van der Waals surface area (Å²) >= 11 is 0. The maximum Gasteiger partial charge on any atom is 0.407 e. The van der Waals surface area contributed by atoms with E-state index in [1.54, 1.807) is 10.9 Å². The summed E-state index contributed by atoms with van der Waals surface area (Å²) in [5, 5.41) is 38.3. The van der Waals surface area contributed by atoms with Crippen LogP contribution in [0, 0.1) is 11.8 Å². The summed E-state index contributed by atoms with van der Waals surface area (Å²) in [5.74, 6) is 0.325. The van der Waals surface area contributed by atoms with Crippen molar-refractivity contribution in [3.8, 4) is 11.3 Å². The molecule has 12 heteroatoms. The Labute approximate surface area is 286 Å². The number of nitrogens with zero attached hydrogens (tertiary/aromatic N) is 3. The third kappa shape index (κ3) is 9.85. The van der Waals surface area contributed by atoms with Crippen molar-refractivity contribution in [1.29, 1.82) is 0 Å². The van der Waals surface area contributed by atoms with Crippen molar-refractivity contribution in [1.82, 2.24) is 25.6 Å². The Balaban J connectivity index is 1.10. The molecule has 5 rings (SSSR count). The van der Waals surface area contributed by atoms with Crippen LogP contribution in [0.2, 0.25) is 0 Å². The van der Waals surface area contributed by atoms with Gasteiger partial charge in [0.25, 0.3) is 0 Å². The summed E-state index contributed by atoms with van der Waals surface area (Å²) in [6, 6.07) is 22.6. The van der Waals surface area contributed by atoms with Gasteiger partial charge in [0.2, 0.25) is 5.91 Å². The number of hydrogen-bond donors (Lipinski definition) is 4. The molecule has 3 aromatic carbocycles. The number of nitrogens with one attached hydrogen (secondary N) is 2. The maximum atomic E-state index is 12.1. The van der Waals surface area contributed by atoms with Crippen LogP contribution in [-0.4, -0.2) is 81.0 Å². The van der Waals surface area contributed by atoms with E-state index in [-0.39, 0.29) is 19.1 Å². The predicted molar refractivity (Wildman–Crippen MR) is 184 cm³/mol. The van der Waals surface area contributed by atoms with Crippen LogP contribution in [0.5, 0.6) is 0 Å². The number of hydrogen-bond acceptors (Lipinski definition) is 9. The first-order chi connectivity index (χ1) is 23.7. The average molecular weight is 674 g/mol. The summed E-state index contributed by atoms with van der Waals surface area (Å²) in [4.78, 5) is 24.0. The highest BCUT2D eigenvalue weighted by molar-refractivity contribution is 5.95. The Bertz CT molecular complexity index is 1650. The fourth-order valence-corrected chi connectivity index (χ4v) is 6.11. The summed E-state index contributed by atoms with van der Waals surface area (Å²) < 4.78 is 19.1. The minimum absolute atomic E-state index is 0.116. The molecule has 7 unspecified atom stereocenters. The number of rotatable bonds is 15. The zero-order chi connectivity index (χ0) is 34.8. The third-order valence-corrected chi connectivity index (χ3v) is 9.18. The van der Waals surface area contributed by atoms with Crippen LogP contribution >= 0.6 is 0 Å². The van der Waals surface area contributed by atoms with Gasteiger partial charge < -0.3 is 35.1 Å². The van der Waals surface area contributed by atoms with E-state index in [1.807, 2.05) is 72.8 Å². The summed E-state index contributed by atoms with van der Waals surface area (Å²) in [5.41, 5.74) is 2.54. The number of aromatic nitrogens is 3. The first-order valence-electron chi connectivity index (χ1n) is 16.9. The van der Waals surface area contributed by atoms with Crippen molar-refractivity contribution in [2.75, 3.05) is 13.2 Å². The molecular weight excluding hydrogens is 626 g/mol. The van der Waals surface area contributed by atoms with E-state index in [9.17, 15) is 19.8 Å². The molecule has 1 fully saturated rings. The minimum atomic E-state index is -1.32. The van der Waals surface area contributed by atoms with Gasteiger partial charge in [-0.05, 0) is 47.4 Å². The molecule has 0 radical (unpaired) electrons. The van der Waals surface area contributed by atoms with E-state index in [2.05, 4.69) is 34.8 Å². The summed E-state index contributed by atoms with van der Waals surface area (Å²) in [6.45, 7) is 6.84. The lowest BCUT2D eigenvalue weighted by Crippen LogP contribution is -2.64. The van der Waals surface area contributed by atoms with Crippen LogP contribution in [0.25, 0.3) is 22.0 Å². The fraction of sp³-hybridized carbons (Fsp3) is 0.459. The molecule has 0 aliphatic carbocycles. The van der Waals surface area contributed by atoms with Crippen molar-refractivity contribution < 1.29 is 34.0 Å². The van der Waals surface area contributed by atoms with Gasteiger partial charge in [0.1, 0.15) is 36.7 Å². The molecule has 49 heavy (non-hydrogen) atoms. The standard InChI is InChI=1S/C37H47N5O7/c1-24(25(2)18-19-38-37(46)48-23-27-12-5-4-6-13-27)11-10-20-47-36-33(39-26(3)43)35(45)34(44)32(49-36)22-42-21-31(40-41-42)30-17-9-15-28-14-7-8-16-29(28)30/h4-9,12-17,21,24-25,32-36,44-45H,10-11,18-20,22-23H2,1-3H3,(H,38,46)(H,39,43). The number of ether oxygens (including phenoxy) is 3. The second-order valence-corrected chi connectivity index (χ2v) is 12.8. The average Bonchev–Trinajstić information content (AvgIpc) is 3.57. The fourth-order valence-electron chi connectivity index (χ4n) is 6.11. The second kappa shape index (κ2) is 17.3. The smallest absolute Gasteiger partial charge is 0.407 e. The van der Waals surface area contributed by atoms with E-state index in [0.29, 0.717) is 37.1 Å². The van der Waals surface area contributed by atoms with E-state index >= 15 is 0 Å². The van der Waals surface area contributed by atoms with Crippen molar-refractivity contribution in [2.24, 2.45) is 11.8 Å². The minimum Gasteiger partial charge on any atom is -0.445 e. The summed E-state index contributed by atoms with van der Waals surface area (Å²) in [6.07, 6.45) is -0.733. The number of amides is 2. The van der Waals surface area contributed by atoms with Gasteiger partial charge in [-0.25, -0.2) is 9.48 Å². The van der Waals surface area contributed by atoms with Crippen molar-refractivity contribution in [3.05, 3.63) is 84.6 Å². The Morgan fingerprint density at radius 1 is 0.959 bits per heavy atom. The normalized spacial score (nSPS) is 21.9. The van der Waals surface area contributed by atoms with Crippen LogP contribution < -0.4 is 10.6 Å². The maximum absolute atomic E-state index is 12.1. The van der Waals surface area contributed by atoms with Gasteiger partial charge in [0.15, 0.2) is 6.29 Å². The molecule has 262 valence electrons. The van der Waals surface area contributed by atoms with Crippen LogP contribution in [0.4, 0.5) is 4.79 Å². The predicted octanol–water partition coefficient (Wildman–Crippen LogP) is 4.44.